The zero-order valence-electron chi connectivity index (χ0n) is 20.4. The van der Waals surface area contributed by atoms with E-state index in [0.717, 1.165) is 17.5 Å². The maximum atomic E-state index is 12.9. The summed E-state index contributed by atoms with van der Waals surface area (Å²) >= 11 is 0. The van der Waals surface area contributed by atoms with Crippen molar-refractivity contribution in [2.45, 2.75) is 39.8 Å². The fourth-order valence-corrected chi connectivity index (χ4v) is 4.38. The van der Waals surface area contributed by atoms with Crippen molar-refractivity contribution in [3.63, 3.8) is 0 Å². The Labute approximate surface area is 207 Å². The monoisotopic (exact) mass is 493 g/mol. The van der Waals surface area contributed by atoms with E-state index in [4.69, 9.17) is 0 Å². The molecule has 0 spiro atoms. The lowest BCUT2D eigenvalue weighted by Gasteiger charge is -2.23. The van der Waals surface area contributed by atoms with Gasteiger partial charge in [0.25, 0.3) is 11.8 Å². The molecule has 0 fully saturated rings. The molecule has 0 saturated heterocycles. The molecule has 0 saturated carbocycles. The number of nitrogens with one attached hydrogen (secondary N) is 2. The highest BCUT2D eigenvalue weighted by molar-refractivity contribution is 7.92. The lowest BCUT2D eigenvalue weighted by Crippen LogP contribution is -2.32. The van der Waals surface area contributed by atoms with E-state index < -0.39 is 10.0 Å². The van der Waals surface area contributed by atoms with E-state index in [1.165, 1.54) is 10.6 Å². The fraction of sp³-hybridized carbons (Fsp3) is 0.259. The highest BCUT2D eigenvalue weighted by Crippen LogP contribution is 2.22. The quantitative estimate of drug-likeness (QED) is 0.450. The average molecular weight is 494 g/mol. The molecule has 8 heteroatoms. The molecule has 7 nitrogen and oxygen atoms in total. The lowest BCUT2D eigenvalue weighted by molar-refractivity contribution is 0.0940. The van der Waals surface area contributed by atoms with Gasteiger partial charge in [0, 0.05) is 11.6 Å². The zero-order chi connectivity index (χ0) is 25.6. The van der Waals surface area contributed by atoms with Gasteiger partial charge in [0.1, 0.15) is 0 Å². The van der Waals surface area contributed by atoms with Gasteiger partial charge in [0.2, 0.25) is 10.0 Å². The van der Waals surface area contributed by atoms with Crippen LogP contribution < -0.4 is 14.9 Å². The van der Waals surface area contributed by atoms with E-state index in [9.17, 15) is 18.0 Å². The minimum atomic E-state index is -3.51. The molecule has 2 amide bonds. The maximum Gasteiger partial charge on any atom is 0.255 e. The average Bonchev–Trinajstić information content (AvgIpc) is 2.82. The molecule has 184 valence electrons. The van der Waals surface area contributed by atoms with Crippen LogP contribution in [0.15, 0.2) is 72.8 Å². The van der Waals surface area contributed by atoms with Crippen LogP contribution in [0.5, 0.6) is 0 Å². The summed E-state index contributed by atoms with van der Waals surface area (Å²) in [7, 11) is -3.51. The van der Waals surface area contributed by atoms with E-state index in [1.807, 2.05) is 39.0 Å². The van der Waals surface area contributed by atoms with Gasteiger partial charge in [-0.1, -0.05) is 43.3 Å². The molecule has 0 heterocycles. The van der Waals surface area contributed by atoms with Crippen molar-refractivity contribution in [3.05, 3.63) is 95.1 Å². The Kier molecular flexibility index (Phi) is 8.30. The largest absolute Gasteiger partial charge is 0.350 e. The maximum absolute atomic E-state index is 12.9. The molecule has 0 aliphatic heterocycles. The van der Waals surface area contributed by atoms with Crippen molar-refractivity contribution >= 4 is 33.2 Å². The van der Waals surface area contributed by atoms with E-state index in [2.05, 4.69) is 10.6 Å². The van der Waals surface area contributed by atoms with Crippen LogP contribution in [-0.4, -0.2) is 32.5 Å². The number of carbonyl (C=O) groups excluding carboxylic acids is 2. The van der Waals surface area contributed by atoms with Crippen LogP contribution in [0.1, 0.15) is 52.1 Å². The van der Waals surface area contributed by atoms with Gasteiger partial charge in [-0.15, -0.1) is 0 Å². The van der Waals surface area contributed by atoms with Gasteiger partial charge in [-0.3, -0.25) is 13.9 Å². The van der Waals surface area contributed by atoms with Crippen molar-refractivity contribution in [1.82, 2.24) is 5.32 Å². The zero-order valence-corrected chi connectivity index (χ0v) is 21.2. The summed E-state index contributed by atoms with van der Waals surface area (Å²) in [5, 5.41) is 5.72. The molecule has 0 unspecified atom stereocenters. The minimum absolute atomic E-state index is 0.0186. The molecular formula is C27H31N3O4S. The van der Waals surface area contributed by atoms with E-state index in [0.29, 0.717) is 22.5 Å². The van der Waals surface area contributed by atoms with Crippen molar-refractivity contribution in [3.8, 4) is 0 Å². The summed E-state index contributed by atoms with van der Waals surface area (Å²) in [6.07, 6.45) is 1.97. The molecule has 3 aromatic rings. The number of sulfonamides is 1. The van der Waals surface area contributed by atoms with Crippen LogP contribution in [0.25, 0.3) is 0 Å². The summed E-state index contributed by atoms with van der Waals surface area (Å²) in [5.41, 5.74) is 3.49. The number of carbonyl (C=O) groups is 2. The van der Waals surface area contributed by atoms with Gasteiger partial charge in [-0.05, 0) is 67.8 Å². The Hall–Kier alpha value is -3.65. The number of amides is 2. The summed E-state index contributed by atoms with van der Waals surface area (Å²) in [4.78, 5) is 25.5. The number of aryl methyl sites for hydroxylation is 1. The molecule has 1 atom stereocenters. The number of nitrogens with zero attached hydrogens (tertiary/aromatic N) is 1. The molecule has 0 radical (unpaired) electrons. The second-order valence-corrected chi connectivity index (χ2v) is 10.5. The van der Waals surface area contributed by atoms with E-state index in [1.54, 1.807) is 54.6 Å². The molecule has 2 N–H and O–H groups in total. The minimum Gasteiger partial charge on any atom is -0.350 e. The summed E-state index contributed by atoms with van der Waals surface area (Å²) in [5.74, 6) is -0.610. The molecule has 3 rings (SSSR count). The molecule has 35 heavy (non-hydrogen) atoms. The summed E-state index contributed by atoms with van der Waals surface area (Å²) in [6.45, 7) is 5.95. The third-order valence-corrected chi connectivity index (χ3v) is 6.78. The smallest absolute Gasteiger partial charge is 0.255 e. The van der Waals surface area contributed by atoms with Crippen LogP contribution in [0.4, 0.5) is 11.4 Å². The predicted octanol–water partition coefficient (Wildman–Crippen LogP) is 4.74. The van der Waals surface area contributed by atoms with Gasteiger partial charge in [0.05, 0.1) is 29.7 Å². The second kappa shape index (κ2) is 11.2. The number of rotatable bonds is 9. The van der Waals surface area contributed by atoms with Crippen molar-refractivity contribution in [2.75, 3.05) is 15.9 Å². The molecule has 0 aliphatic rings. The second-order valence-electron chi connectivity index (χ2n) is 8.59. The van der Waals surface area contributed by atoms with E-state index in [-0.39, 0.29) is 24.4 Å². The number of benzene rings is 3. The van der Waals surface area contributed by atoms with E-state index >= 15 is 0 Å². The Bertz CT molecular complexity index is 1300. The van der Waals surface area contributed by atoms with Crippen molar-refractivity contribution in [1.29, 1.82) is 0 Å². The van der Waals surface area contributed by atoms with Gasteiger partial charge < -0.3 is 10.6 Å². The van der Waals surface area contributed by atoms with Crippen LogP contribution in [0, 0.1) is 6.92 Å². The number of hydrogen-bond donors (Lipinski definition) is 2. The van der Waals surface area contributed by atoms with Gasteiger partial charge in [0.15, 0.2) is 0 Å². The molecular weight excluding hydrogens is 462 g/mol. The Morgan fingerprint density at radius 3 is 2.26 bits per heavy atom. The molecule has 0 aromatic heterocycles. The number of hydrogen-bond acceptors (Lipinski definition) is 4. The number of anilines is 2. The summed E-state index contributed by atoms with van der Waals surface area (Å²) < 4.78 is 26.2. The predicted molar refractivity (Wildman–Crippen MR) is 140 cm³/mol. The van der Waals surface area contributed by atoms with Crippen molar-refractivity contribution < 1.29 is 18.0 Å². The third-order valence-electron chi connectivity index (χ3n) is 5.64. The lowest BCUT2D eigenvalue weighted by atomic mass is 10.1. The molecule has 0 aliphatic carbocycles. The molecule has 3 aromatic carbocycles. The van der Waals surface area contributed by atoms with Gasteiger partial charge >= 0.3 is 0 Å². The third kappa shape index (κ3) is 6.93. The van der Waals surface area contributed by atoms with Crippen LogP contribution in [0.2, 0.25) is 0 Å². The first-order valence-corrected chi connectivity index (χ1v) is 13.3. The summed E-state index contributed by atoms with van der Waals surface area (Å²) in [6, 6.07) is 20.9. The van der Waals surface area contributed by atoms with Gasteiger partial charge in [-0.25, -0.2) is 8.42 Å². The number of para-hydroxylation sites is 1. The van der Waals surface area contributed by atoms with Crippen LogP contribution >= 0.6 is 0 Å². The SMILES string of the molecule is CC[C@@H](C)NC(=O)c1ccccc1NC(=O)c1ccc(CN(c2cccc(C)c2)S(C)(=O)=O)cc1. The van der Waals surface area contributed by atoms with Crippen LogP contribution in [0.3, 0.4) is 0 Å². The normalized spacial score (nSPS) is 12.0. The first-order chi connectivity index (χ1) is 16.6. The highest BCUT2D eigenvalue weighted by Gasteiger charge is 2.19. The topological polar surface area (TPSA) is 95.6 Å². The highest BCUT2D eigenvalue weighted by atomic mass is 32.2. The Morgan fingerprint density at radius 1 is 0.943 bits per heavy atom. The first-order valence-electron chi connectivity index (χ1n) is 11.4. The molecule has 0 bridgehead atoms. The fourth-order valence-electron chi connectivity index (χ4n) is 3.50. The first kappa shape index (κ1) is 26.0. The Morgan fingerprint density at radius 2 is 1.63 bits per heavy atom. The van der Waals surface area contributed by atoms with Gasteiger partial charge in [-0.2, -0.15) is 0 Å². The van der Waals surface area contributed by atoms with Crippen molar-refractivity contribution in [2.24, 2.45) is 0 Å². The Balaban J connectivity index is 1.76. The standard InChI is InChI=1S/C27H31N3O4S/c1-5-20(3)28-27(32)24-11-6-7-12-25(24)29-26(31)22-15-13-21(14-16-22)18-30(35(4,33)34)23-10-8-9-19(2)17-23/h6-17,20H,5,18H2,1-4H3,(H,28,32)(H,29,31)/t20-/m1/s1. The van der Waals surface area contributed by atoms with Crippen LogP contribution in [-0.2, 0) is 16.6 Å².